The van der Waals surface area contributed by atoms with E-state index in [0.717, 1.165) is 23.1 Å². The molecule has 2 aliphatic heterocycles. The first kappa shape index (κ1) is 23.8. The van der Waals surface area contributed by atoms with Crippen LogP contribution in [0.3, 0.4) is 0 Å². The molecule has 1 fully saturated rings. The molecule has 0 unspecified atom stereocenters. The molecule has 0 saturated carbocycles. The summed E-state index contributed by atoms with van der Waals surface area (Å²) in [7, 11) is -4.52. The molecule has 2 N–H and O–H groups in total. The third kappa shape index (κ3) is 5.61. The molecule has 1 aromatic carbocycles. The molecule has 9 heteroatoms. The van der Waals surface area contributed by atoms with Crippen LogP contribution >= 0.6 is 0 Å². The van der Waals surface area contributed by atoms with Crippen LogP contribution in [0.2, 0.25) is 6.32 Å². The molecule has 2 aromatic rings. The van der Waals surface area contributed by atoms with E-state index in [-0.39, 0.29) is 25.3 Å². The highest BCUT2D eigenvalue weighted by atomic mass is 32.2. The van der Waals surface area contributed by atoms with Gasteiger partial charge >= 0.3 is 7.12 Å². The number of rotatable bonds is 9. The maximum absolute atomic E-state index is 12.9. The van der Waals surface area contributed by atoms with Crippen molar-refractivity contribution in [3.8, 4) is 5.75 Å². The van der Waals surface area contributed by atoms with Crippen LogP contribution in [-0.2, 0) is 21.1 Å². The van der Waals surface area contributed by atoms with E-state index in [0.29, 0.717) is 30.1 Å². The standard InChI is InChI=1S/C24H29BO7S/c1-2-17(12-20-9-10-21(14-26)31-20)8-11-22-24-18(15-30-19-6-4-3-5-7-19)16-33(28,29)23(24)13-25(27)32-22/h3-7,9-10,12,22-23,26-27H,2,8,11,13-16H2,1H3/b17-12+/t22-,23+/m1/s1. The fourth-order valence-electron chi connectivity index (χ4n) is 4.52. The maximum atomic E-state index is 12.9. The molecule has 1 aromatic heterocycles. The molecule has 0 aliphatic carbocycles. The molecule has 7 nitrogen and oxygen atoms in total. The highest BCUT2D eigenvalue weighted by molar-refractivity contribution is 7.92. The van der Waals surface area contributed by atoms with Crippen molar-refractivity contribution in [2.45, 2.75) is 50.5 Å². The van der Waals surface area contributed by atoms with Crippen LogP contribution in [-0.4, -0.2) is 49.4 Å². The number of sulfone groups is 1. The van der Waals surface area contributed by atoms with Gasteiger partial charge in [0.1, 0.15) is 30.5 Å². The molecule has 2 atom stereocenters. The lowest BCUT2D eigenvalue weighted by Crippen LogP contribution is -2.42. The van der Waals surface area contributed by atoms with Crippen LogP contribution < -0.4 is 4.74 Å². The summed E-state index contributed by atoms with van der Waals surface area (Å²) in [5, 5.41) is 18.7. The van der Waals surface area contributed by atoms with Crippen molar-refractivity contribution in [1.29, 1.82) is 0 Å². The van der Waals surface area contributed by atoms with E-state index < -0.39 is 28.3 Å². The van der Waals surface area contributed by atoms with E-state index >= 15 is 0 Å². The van der Waals surface area contributed by atoms with Gasteiger partial charge in [0, 0.05) is 6.32 Å². The minimum Gasteiger partial charge on any atom is -0.489 e. The van der Waals surface area contributed by atoms with Crippen LogP contribution in [0.15, 0.2) is 63.6 Å². The summed E-state index contributed by atoms with van der Waals surface area (Å²) >= 11 is 0. The zero-order valence-electron chi connectivity index (χ0n) is 18.6. The van der Waals surface area contributed by atoms with Crippen molar-refractivity contribution in [2.24, 2.45) is 0 Å². The predicted molar refractivity (Wildman–Crippen MR) is 126 cm³/mol. The van der Waals surface area contributed by atoms with Gasteiger partial charge in [0.2, 0.25) is 0 Å². The largest absolute Gasteiger partial charge is 0.489 e. The Morgan fingerprint density at radius 3 is 2.73 bits per heavy atom. The smallest absolute Gasteiger partial charge is 0.456 e. The zero-order valence-corrected chi connectivity index (χ0v) is 19.5. The van der Waals surface area contributed by atoms with Gasteiger partial charge in [0.25, 0.3) is 0 Å². The number of hydrogen-bond donors (Lipinski definition) is 2. The maximum Gasteiger partial charge on any atom is 0.456 e. The fraction of sp³-hybridized carbons (Fsp3) is 0.417. The van der Waals surface area contributed by atoms with E-state index in [1.165, 1.54) is 0 Å². The Labute approximate surface area is 194 Å². The summed E-state index contributed by atoms with van der Waals surface area (Å²) in [6.45, 7) is 2.07. The van der Waals surface area contributed by atoms with Crippen LogP contribution in [0.1, 0.15) is 37.7 Å². The van der Waals surface area contributed by atoms with Gasteiger partial charge in [-0.25, -0.2) is 8.42 Å². The quantitative estimate of drug-likeness (QED) is 0.426. The lowest BCUT2D eigenvalue weighted by molar-refractivity contribution is 0.168. The molecule has 2 aliphatic rings. The van der Waals surface area contributed by atoms with Gasteiger partial charge in [-0.1, -0.05) is 30.7 Å². The number of ether oxygens (including phenoxy) is 1. The summed E-state index contributed by atoms with van der Waals surface area (Å²) in [6, 6.07) is 12.8. The molecular formula is C24H29BO7S. The van der Waals surface area contributed by atoms with Crippen molar-refractivity contribution in [1.82, 2.24) is 0 Å². The number of furan rings is 1. The molecule has 4 rings (SSSR count). The monoisotopic (exact) mass is 472 g/mol. The summed E-state index contributed by atoms with van der Waals surface area (Å²) in [4.78, 5) is 0. The van der Waals surface area contributed by atoms with Crippen molar-refractivity contribution in [2.75, 3.05) is 12.4 Å². The Bertz CT molecular complexity index is 1120. The number of fused-ring (bicyclic) bond motifs is 1. The van der Waals surface area contributed by atoms with Gasteiger partial charge in [0.05, 0.1) is 17.1 Å². The number of aliphatic hydroxyl groups excluding tert-OH is 1. The molecular weight excluding hydrogens is 443 g/mol. The Hall–Kier alpha value is -2.33. The SMILES string of the molecule is CC/C(=C\c1ccc(CO)o1)CC[C@H]1OB(O)C[C@H]2C1=C(COc1ccccc1)CS2(=O)=O. The Balaban J connectivity index is 1.53. The molecule has 176 valence electrons. The van der Waals surface area contributed by atoms with E-state index in [4.69, 9.17) is 13.8 Å². The van der Waals surface area contributed by atoms with Gasteiger partial charge < -0.3 is 23.9 Å². The highest BCUT2D eigenvalue weighted by Gasteiger charge is 2.48. The van der Waals surface area contributed by atoms with Gasteiger partial charge in [-0.05, 0) is 60.8 Å². The first-order valence-electron chi connectivity index (χ1n) is 11.2. The highest BCUT2D eigenvalue weighted by Crippen LogP contribution is 2.40. The number of hydrogen-bond acceptors (Lipinski definition) is 7. The van der Waals surface area contributed by atoms with Crippen molar-refractivity contribution in [3.63, 3.8) is 0 Å². The van der Waals surface area contributed by atoms with Crippen LogP contribution in [0, 0.1) is 0 Å². The Morgan fingerprint density at radius 2 is 2.03 bits per heavy atom. The van der Waals surface area contributed by atoms with E-state index in [1.807, 2.05) is 49.4 Å². The Kier molecular flexibility index (Phi) is 7.43. The second-order valence-electron chi connectivity index (χ2n) is 8.43. The third-order valence-electron chi connectivity index (χ3n) is 6.17. The molecule has 3 heterocycles. The number of aliphatic hydroxyl groups is 1. The van der Waals surface area contributed by atoms with Crippen LogP contribution in [0.25, 0.3) is 6.08 Å². The van der Waals surface area contributed by atoms with Crippen molar-refractivity contribution in [3.05, 3.63) is 70.7 Å². The normalized spacial score (nSPS) is 22.5. The predicted octanol–water partition coefficient (Wildman–Crippen LogP) is 3.40. The zero-order chi connectivity index (χ0) is 23.4. The molecule has 0 radical (unpaired) electrons. The fourth-order valence-corrected chi connectivity index (χ4v) is 6.62. The molecule has 33 heavy (non-hydrogen) atoms. The first-order valence-corrected chi connectivity index (χ1v) is 12.9. The summed E-state index contributed by atoms with van der Waals surface area (Å²) in [5.41, 5.74) is 2.58. The number of allylic oxidation sites excluding steroid dienone is 1. The second kappa shape index (κ2) is 10.3. The summed E-state index contributed by atoms with van der Waals surface area (Å²) < 4.78 is 43.0. The minimum absolute atomic E-state index is 0.0514. The Morgan fingerprint density at radius 1 is 1.24 bits per heavy atom. The molecule has 0 amide bonds. The van der Waals surface area contributed by atoms with E-state index in [2.05, 4.69) is 0 Å². The van der Waals surface area contributed by atoms with Gasteiger partial charge in [-0.2, -0.15) is 0 Å². The second-order valence-corrected chi connectivity index (χ2v) is 10.6. The van der Waals surface area contributed by atoms with Crippen LogP contribution in [0.5, 0.6) is 5.75 Å². The third-order valence-corrected chi connectivity index (χ3v) is 8.23. The van der Waals surface area contributed by atoms with Crippen LogP contribution in [0.4, 0.5) is 0 Å². The van der Waals surface area contributed by atoms with Gasteiger partial charge in [0.15, 0.2) is 9.84 Å². The molecule has 0 spiro atoms. The first-order chi connectivity index (χ1) is 15.9. The lowest BCUT2D eigenvalue weighted by Gasteiger charge is -2.32. The van der Waals surface area contributed by atoms with Crippen molar-refractivity contribution < 1.29 is 32.4 Å². The number of para-hydroxylation sites is 1. The topological polar surface area (TPSA) is 106 Å². The van der Waals surface area contributed by atoms with Gasteiger partial charge in [-0.3, -0.25) is 0 Å². The molecule has 1 saturated heterocycles. The molecule has 0 bridgehead atoms. The van der Waals surface area contributed by atoms with E-state index in [1.54, 1.807) is 6.07 Å². The van der Waals surface area contributed by atoms with Gasteiger partial charge in [-0.15, -0.1) is 0 Å². The average molecular weight is 472 g/mol. The summed E-state index contributed by atoms with van der Waals surface area (Å²) in [5.74, 6) is 1.77. The average Bonchev–Trinajstić information content (AvgIpc) is 3.37. The minimum atomic E-state index is -3.41. The lowest BCUT2D eigenvalue weighted by atomic mass is 9.74. The van der Waals surface area contributed by atoms with E-state index in [9.17, 15) is 18.5 Å². The number of benzene rings is 1. The van der Waals surface area contributed by atoms with Crippen molar-refractivity contribution >= 4 is 23.0 Å². The summed E-state index contributed by atoms with van der Waals surface area (Å²) in [6.07, 6.45) is 3.48.